The van der Waals surface area contributed by atoms with Gasteiger partial charge in [0, 0.05) is 9.86 Å². The molecule has 0 saturated heterocycles. The minimum absolute atomic E-state index is 0.00887. The molecule has 0 saturated carbocycles. The second-order valence-corrected chi connectivity index (χ2v) is 4.44. The van der Waals surface area contributed by atoms with Crippen molar-refractivity contribution in [3.8, 4) is 0 Å². The number of fused-ring (bicyclic) bond motifs is 1. The van der Waals surface area contributed by atoms with Gasteiger partial charge >= 0.3 is 12.1 Å². The van der Waals surface area contributed by atoms with Gasteiger partial charge in [-0.15, -0.1) is 0 Å². The summed E-state index contributed by atoms with van der Waals surface area (Å²) in [4.78, 5) is 14.4. The molecule has 0 atom stereocenters. The molecule has 0 unspecified atom stereocenters. The van der Waals surface area contributed by atoms with Crippen LogP contribution in [0.25, 0.3) is 10.9 Å². The van der Waals surface area contributed by atoms with Gasteiger partial charge in [0.05, 0.1) is 11.1 Å². The first-order chi connectivity index (χ1) is 8.29. The van der Waals surface area contributed by atoms with Crippen LogP contribution in [0.1, 0.15) is 16.1 Å². The van der Waals surface area contributed by atoms with Gasteiger partial charge in [-0.25, -0.2) is 9.78 Å². The molecule has 0 amide bonds. The number of aromatic carboxylic acids is 1. The first kappa shape index (κ1) is 12.8. The third-order valence-electron chi connectivity index (χ3n) is 2.29. The third-order valence-corrected chi connectivity index (χ3v) is 2.78. The number of hydrogen-bond donors (Lipinski definition) is 1. The van der Waals surface area contributed by atoms with Crippen LogP contribution < -0.4 is 0 Å². The molecule has 0 aliphatic heterocycles. The summed E-state index contributed by atoms with van der Waals surface area (Å²) in [5.41, 5.74) is -1.64. The summed E-state index contributed by atoms with van der Waals surface area (Å²) < 4.78 is 38.3. The maximum absolute atomic E-state index is 12.6. The molecule has 0 fully saturated rings. The lowest BCUT2D eigenvalue weighted by atomic mass is 10.1. The number of aromatic nitrogens is 1. The predicted octanol–water partition coefficient (Wildman–Crippen LogP) is 3.71. The number of benzene rings is 1. The number of nitrogens with zero attached hydrogens (tertiary/aromatic N) is 1. The van der Waals surface area contributed by atoms with Gasteiger partial charge in [0.25, 0.3) is 0 Å². The molecule has 1 aromatic carbocycles. The fraction of sp³-hybridized carbons (Fsp3) is 0.0909. The van der Waals surface area contributed by atoms with Crippen molar-refractivity contribution in [2.24, 2.45) is 0 Å². The molecule has 0 spiro atoms. The maximum atomic E-state index is 12.6. The minimum Gasteiger partial charge on any atom is -0.478 e. The molecule has 0 bridgehead atoms. The van der Waals surface area contributed by atoms with Gasteiger partial charge in [0.15, 0.2) is 0 Å². The van der Waals surface area contributed by atoms with Crippen molar-refractivity contribution in [2.45, 2.75) is 6.18 Å². The van der Waals surface area contributed by atoms with E-state index in [4.69, 9.17) is 5.11 Å². The highest BCUT2D eigenvalue weighted by molar-refractivity contribution is 9.10. The van der Waals surface area contributed by atoms with E-state index in [1.54, 1.807) is 0 Å². The lowest BCUT2D eigenvalue weighted by Gasteiger charge is -2.09. The van der Waals surface area contributed by atoms with Crippen LogP contribution in [0.4, 0.5) is 13.2 Å². The van der Waals surface area contributed by atoms with Gasteiger partial charge in [0.1, 0.15) is 5.69 Å². The molecular weight excluding hydrogens is 315 g/mol. The van der Waals surface area contributed by atoms with Crippen LogP contribution >= 0.6 is 15.9 Å². The molecule has 1 aromatic heterocycles. The van der Waals surface area contributed by atoms with Crippen LogP contribution in [-0.2, 0) is 6.18 Å². The fourth-order valence-corrected chi connectivity index (χ4v) is 1.88. The van der Waals surface area contributed by atoms with E-state index in [1.807, 2.05) is 0 Å². The highest BCUT2D eigenvalue weighted by Gasteiger charge is 2.34. The fourth-order valence-electron chi connectivity index (χ4n) is 1.52. The number of halogens is 4. The number of pyridine rings is 1. The Balaban J connectivity index is 2.83. The Hall–Kier alpha value is -1.63. The summed E-state index contributed by atoms with van der Waals surface area (Å²) in [5.74, 6) is -1.42. The zero-order valence-electron chi connectivity index (χ0n) is 8.62. The molecule has 1 heterocycles. The summed E-state index contributed by atoms with van der Waals surface area (Å²) in [7, 11) is 0. The molecule has 0 aliphatic rings. The first-order valence-electron chi connectivity index (χ1n) is 4.70. The van der Waals surface area contributed by atoms with E-state index >= 15 is 0 Å². The quantitative estimate of drug-likeness (QED) is 0.871. The molecule has 0 aliphatic carbocycles. The van der Waals surface area contributed by atoms with Crippen LogP contribution in [0.5, 0.6) is 0 Å². The largest absolute Gasteiger partial charge is 0.478 e. The number of alkyl halides is 3. The van der Waals surface area contributed by atoms with Crippen molar-refractivity contribution >= 4 is 32.8 Å². The lowest BCUT2D eigenvalue weighted by Crippen LogP contribution is -2.11. The molecular formula is C11H5BrF3NO2. The van der Waals surface area contributed by atoms with Crippen molar-refractivity contribution < 1.29 is 23.1 Å². The summed E-state index contributed by atoms with van der Waals surface area (Å²) in [6.45, 7) is 0. The highest BCUT2D eigenvalue weighted by Crippen LogP contribution is 2.31. The third kappa shape index (κ3) is 2.31. The molecule has 0 radical (unpaired) electrons. The van der Waals surface area contributed by atoms with Gasteiger partial charge in [-0.3, -0.25) is 0 Å². The summed E-state index contributed by atoms with van der Waals surface area (Å²) in [6, 6.07) is 4.80. The lowest BCUT2D eigenvalue weighted by molar-refractivity contribution is -0.140. The van der Waals surface area contributed by atoms with Crippen LogP contribution in [0.15, 0.2) is 28.7 Å². The van der Waals surface area contributed by atoms with E-state index in [1.165, 1.54) is 18.2 Å². The standard InChI is InChI=1S/C11H5BrF3NO2/c12-5-1-2-8-6(3-5)7(10(17)18)4-9(16-8)11(13,14)15/h1-4H,(H,17,18). The maximum Gasteiger partial charge on any atom is 0.433 e. The molecule has 1 N–H and O–H groups in total. The van der Waals surface area contributed by atoms with Gasteiger partial charge in [0.2, 0.25) is 0 Å². The Morgan fingerprint density at radius 3 is 2.50 bits per heavy atom. The highest BCUT2D eigenvalue weighted by atomic mass is 79.9. The molecule has 94 valence electrons. The Labute approximate surface area is 107 Å². The van der Waals surface area contributed by atoms with Crippen molar-refractivity contribution in [2.75, 3.05) is 0 Å². The zero-order chi connectivity index (χ0) is 13.5. The molecule has 7 heteroatoms. The average Bonchev–Trinajstić information content (AvgIpc) is 2.25. The van der Waals surface area contributed by atoms with Crippen molar-refractivity contribution in [3.63, 3.8) is 0 Å². The van der Waals surface area contributed by atoms with Crippen LogP contribution in [0.2, 0.25) is 0 Å². The van der Waals surface area contributed by atoms with E-state index in [-0.39, 0.29) is 10.9 Å². The SMILES string of the molecule is O=C(O)c1cc(C(F)(F)F)nc2ccc(Br)cc12. The number of carboxylic acid groups (broad SMARTS) is 1. The Morgan fingerprint density at radius 2 is 1.94 bits per heavy atom. The number of carboxylic acids is 1. The van der Waals surface area contributed by atoms with E-state index in [0.29, 0.717) is 10.5 Å². The average molecular weight is 320 g/mol. The van der Waals surface area contributed by atoms with Crippen LogP contribution in [-0.4, -0.2) is 16.1 Å². The molecule has 18 heavy (non-hydrogen) atoms. The van der Waals surface area contributed by atoms with Crippen LogP contribution in [0, 0.1) is 0 Å². The Kier molecular flexibility index (Phi) is 3.02. The summed E-state index contributed by atoms with van der Waals surface area (Å²) in [5, 5.41) is 9.11. The smallest absolute Gasteiger partial charge is 0.433 e. The van der Waals surface area contributed by atoms with Crippen LogP contribution in [0.3, 0.4) is 0 Å². The zero-order valence-corrected chi connectivity index (χ0v) is 10.2. The Morgan fingerprint density at radius 1 is 1.28 bits per heavy atom. The number of carbonyl (C=O) groups is 1. The van der Waals surface area contributed by atoms with Gasteiger partial charge in [-0.05, 0) is 24.3 Å². The molecule has 3 nitrogen and oxygen atoms in total. The Bertz CT molecular complexity index is 640. The van der Waals surface area contributed by atoms with E-state index in [0.717, 1.165) is 0 Å². The number of hydrogen-bond acceptors (Lipinski definition) is 2. The van der Waals surface area contributed by atoms with E-state index < -0.39 is 23.4 Å². The van der Waals surface area contributed by atoms with Crippen molar-refractivity contribution in [1.82, 2.24) is 4.98 Å². The second kappa shape index (κ2) is 4.24. The number of rotatable bonds is 1. The van der Waals surface area contributed by atoms with Gasteiger partial charge in [-0.2, -0.15) is 13.2 Å². The predicted molar refractivity (Wildman–Crippen MR) is 61.4 cm³/mol. The minimum atomic E-state index is -4.68. The van der Waals surface area contributed by atoms with Gasteiger partial charge in [-0.1, -0.05) is 15.9 Å². The second-order valence-electron chi connectivity index (χ2n) is 3.52. The molecule has 2 rings (SSSR count). The normalized spacial score (nSPS) is 11.8. The van der Waals surface area contributed by atoms with Gasteiger partial charge < -0.3 is 5.11 Å². The summed E-state index contributed by atoms with van der Waals surface area (Å²) in [6.07, 6.45) is -4.68. The molecule has 2 aromatic rings. The van der Waals surface area contributed by atoms with E-state index in [2.05, 4.69) is 20.9 Å². The first-order valence-corrected chi connectivity index (χ1v) is 5.49. The summed E-state index contributed by atoms with van der Waals surface area (Å²) >= 11 is 3.13. The van der Waals surface area contributed by atoms with E-state index in [9.17, 15) is 18.0 Å². The topological polar surface area (TPSA) is 50.2 Å². The van der Waals surface area contributed by atoms with Crippen molar-refractivity contribution in [1.29, 1.82) is 0 Å². The van der Waals surface area contributed by atoms with Crippen molar-refractivity contribution in [3.05, 3.63) is 40.0 Å². The monoisotopic (exact) mass is 319 g/mol.